The second kappa shape index (κ2) is 5.75. The number of carbonyl (C=O) groups is 2. The van der Waals surface area contributed by atoms with Crippen LogP contribution in [0.3, 0.4) is 0 Å². The molecule has 0 spiro atoms. The van der Waals surface area contributed by atoms with Gasteiger partial charge in [0, 0.05) is 11.1 Å². The van der Waals surface area contributed by atoms with Crippen molar-refractivity contribution in [2.45, 2.75) is 25.3 Å². The first-order valence-corrected chi connectivity index (χ1v) is 5.47. The Bertz CT molecular complexity index is 306. The molecular formula is C10H15ClN2O3. The quantitative estimate of drug-likeness (QED) is 0.700. The number of hydrogen-bond donors (Lipinski definition) is 3. The third kappa shape index (κ3) is 4.10. The van der Waals surface area contributed by atoms with E-state index in [0.717, 1.165) is 0 Å². The summed E-state index contributed by atoms with van der Waals surface area (Å²) >= 11 is 5.49. The predicted octanol–water partition coefficient (Wildman–Crippen LogP) is 1.29. The molecule has 5 nitrogen and oxygen atoms in total. The largest absolute Gasteiger partial charge is 0.481 e. The van der Waals surface area contributed by atoms with E-state index in [1.165, 1.54) is 0 Å². The maximum Gasteiger partial charge on any atom is 0.315 e. The maximum atomic E-state index is 11.3. The Morgan fingerprint density at radius 3 is 2.62 bits per heavy atom. The average molecular weight is 247 g/mol. The summed E-state index contributed by atoms with van der Waals surface area (Å²) in [6.07, 6.45) is 1.80. The molecule has 0 aromatic carbocycles. The van der Waals surface area contributed by atoms with Gasteiger partial charge in [-0.3, -0.25) is 4.79 Å². The molecule has 2 atom stereocenters. The minimum absolute atomic E-state index is 0.0651. The van der Waals surface area contributed by atoms with Crippen molar-refractivity contribution in [2.24, 2.45) is 5.92 Å². The topological polar surface area (TPSA) is 78.4 Å². The highest BCUT2D eigenvalue weighted by Gasteiger charge is 2.30. The van der Waals surface area contributed by atoms with Gasteiger partial charge in [-0.15, -0.1) is 0 Å². The highest BCUT2D eigenvalue weighted by molar-refractivity contribution is 6.29. The molecule has 2 amide bonds. The summed E-state index contributed by atoms with van der Waals surface area (Å²) in [6.45, 7) is 3.65. The molecule has 1 aliphatic carbocycles. The molecule has 0 aliphatic heterocycles. The Morgan fingerprint density at radius 1 is 1.44 bits per heavy atom. The molecule has 1 saturated carbocycles. The van der Waals surface area contributed by atoms with Crippen molar-refractivity contribution in [2.75, 3.05) is 6.54 Å². The number of aliphatic carboxylic acids is 1. The van der Waals surface area contributed by atoms with Gasteiger partial charge in [-0.1, -0.05) is 18.2 Å². The van der Waals surface area contributed by atoms with Crippen LogP contribution in [-0.2, 0) is 4.79 Å². The molecule has 1 aliphatic rings. The molecule has 6 heteroatoms. The van der Waals surface area contributed by atoms with Gasteiger partial charge in [-0.2, -0.15) is 0 Å². The first kappa shape index (κ1) is 12.8. The van der Waals surface area contributed by atoms with Crippen LogP contribution in [0.1, 0.15) is 19.3 Å². The number of carboxylic acid groups (broad SMARTS) is 1. The van der Waals surface area contributed by atoms with Crippen LogP contribution in [0.2, 0.25) is 0 Å². The molecule has 0 radical (unpaired) electrons. The number of amides is 2. The molecule has 1 fully saturated rings. The summed E-state index contributed by atoms with van der Waals surface area (Å²) in [5.41, 5.74) is 0. The van der Waals surface area contributed by atoms with Crippen LogP contribution in [0.15, 0.2) is 11.6 Å². The van der Waals surface area contributed by atoms with E-state index < -0.39 is 5.97 Å². The Kier molecular flexibility index (Phi) is 4.61. The van der Waals surface area contributed by atoms with E-state index >= 15 is 0 Å². The fourth-order valence-electron chi connectivity index (χ4n) is 1.75. The first-order chi connectivity index (χ1) is 7.49. The molecule has 90 valence electrons. The van der Waals surface area contributed by atoms with Gasteiger partial charge in [-0.25, -0.2) is 4.79 Å². The van der Waals surface area contributed by atoms with Crippen molar-refractivity contribution >= 4 is 23.6 Å². The smallest absolute Gasteiger partial charge is 0.315 e. The van der Waals surface area contributed by atoms with Crippen LogP contribution in [0.25, 0.3) is 0 Å². The minimum Gasteiger partial charge on any atom is -0.481 e. The van der Waals surface area contributed by atoms with Crippen molar-refractivity contribution in [1.82, 2.24) is 10.6 Å². The van der Waals surface area contributed by atoms with E-state index in [0.29, 0.717) is 24.3 Å². The zero-order valence-electron chi connectivity index (χ0n) is 8.83. The number of hydrogen-bond acceptors (Lipinski definition) is 2. The fourth-order valence-corrected chi connectivity index (χ4v) is 1.82. The van der Waals surface area contributed by atoms with Crippen molar-refractivity contribution in [3.63, 3.8) is 0 Å². The monoisotopic (exact) mass is 246 g/mol. The summed E-state index contributed by atoms with van der Waals surface area (Å²) in [5.74, 6) is -1.13. The summed E-state index contributed by atoms with van der Waals surface area (Å²) in [6, 6.07) is -0.400. The number of nitrogens with one attached hydrogen (secondary N) is 2. The summed E-state index contributed by atoms with van der Waals surface area (Å²) in [7, 11) is 0. The number of carbonyl (C=O) groups excluding carboxylic acids is 1. The molecule has 0 heterocycles. The SMILES string of the molecule is C=C(Cl)CNC(=O)N[C@H]1CC[C@@H](C(=O)O)C1. The van der Waals surface area contributed by atoms with Gasteiger partial charge < -0.3 is 15.7 Å². The van der Waals surface area contributed by atoms with E-state index in [2.05, 4.69) is 17.2 Å². The number of urea groups is 1. The fraction of sp³-hybridized carbons (Fsp3) is 0.600. The maximum absolute atomic E-state index is 11.3. The Hall–Kier alpha value is -1.23. The van der Waals surface area contributed by atoms with Crippen molar-refractivity contribution in [3.05, 3.63) is 11.6 Å². The molecule has 0 saturated heterocycles. The van der Waals surface area contributed by atoms with E-state index in [4.69, 9.17) is 16.7 Å². The number of carboxylic acids is 1. The van der Waals surface area contributed by atoms with Crippen molar-refractivity contribution in [1.29, 1.82) is 0 Å². The van der Waals surface area contributed by atoms with Crippen molar-refractivity contribution < 1.29 is 14.7 Å². The van der Waals surface area contributed by atoms with E-state index in [1.807, 2.05) is 0 Å². The number of rotatable bonds is 4. The predicted molar refractivity (Wildman–Crippen MR) is 60.3 cm³/mol. The normalized spacial score (nSPS) is 23.8. The Balaban J connectivity index is 2.26. The van der Waals surface area contributed by atoms with Gasteiger partial charge in [0.2, 0.25) is 0 Å². The number of halogens is 1. The highest BCUT2D eigenvalue weighted by Crippen LogP contribution is 2.25. The van der Waals surface area contributed by atoms with Crippen LogP contribution in [0.4, 0.5) is 4.79 Å². The molecule has 3 N–H and O–H groups in total. The third-order valence-electron chi connectivity index (χ3n) is 2.56. The van der Waals surface area contributed by atoms with Crippen LogP contribution < -0.4 is 10.6 Å². The second-order valence-corrected chi connectivity index (χ2v) is 4.42. The minimum atomic E-state index is -0.793. The summed E-state index contributed by atoms with van der Waals surface area (Å²) in [4.78, 5) is 22.0. The van der Waals surface area contributed by atoms with Gasteiger partial charge in [0.15, 0.2) is 0 Å². The molecule has 16 heavy (non-hydrogen) atoms. The van der Waals surface area contributed by atoms with Gasteiger partial charge in [0.1, 0.15) is 0 Å². The Labute approximate surface area is 98.8 Å². The lowest BCUT2D eigenvalue weighted by molar-refractivity contribution is -0.141. The molecule has 0 aromatic rings. The van der Waals surface area contributed by atoms with E-state index in [-0.39, 0.29) is 24.5 Å². The average Bonchev–Trinajstić information content (AvgIpc) is 2.63. The van der Waals surface area contributed by atoms with Crippen LogP contribution in [-0.4, -0.2) is 29.7 Å². The van der Waals surface area contributed by atoms with Crippen molar-refractivity contribution in [3.8, 4) is 0 Å². The van der Waals surface area contributed by atoms with Gasteiger partial charge in [0.25, 0.3) is 0 Å². The summed E-state index contributed by atoms with van der Waals surface area (Å²) < 4.78 is 0. The molecule has 0 bridgehead atoms. The molecule has 0 aromatic heterocycles. The van der Waals surface area contributed by atoms with Crippen LogP contribution in [0.5, 0.6) is 0 Å². The molecular weight excluding hydrogens is 232 g/mol. The van der Waals surface area contributed by atoms with Gasteiger partial charge in [0.05, 0.1) is 12.5 Å². The lowest BCUT2D eigenvalue weighted by Crippen LogP contribution is -2.41. The molecule has 1 rings (SSSR count). The lowest BCUT2D eigenvalue weighted by Gasteiger charge is -2.12. The lowest BCUT2D eigenvalue weighted by atomic mass is 10.1. The van der Waals surface area contributed by atoms with E-state index in [9.17, 15) is 9.59 Å². The second-order valence-electron chi connectivity index (χ2n) is 3.89. The van der Waals surface area contributed by atoms with Crippen LogP contribution in [0, 0.1) is 5.92 Å². The Morgan fingerprint density at radius 2 is 2.12 bits per heavy atom. The highest BCUT2D eigenvalue weighted by atomic mass is 35.5. The van der Waals surface area contributed by atoms with E-state index in [1.54, 1.807) is 0 Å². The standard InChI is InChI=1S/C10H15ClN2O3/c1-6(11)5-12-10(16)13-8-3-2-7(4-8)9(14)15/h7-8H,1-5H2,(H,14,15)(H2,12,13,16)/t7-,8+/m1/s1. The molecule has 0 unspecified atom stereocenters. The van der Waals surface area contributed by atoms with Gasteiger partial charge in [-0.05, 0) is 19.3 Å². The zero-order valence-corrected chi connectivity index (χ0v) is 9.59. The van der Waals surface area contributed by atoms with Crippen LogP contribution >= 0.6 is 11.6 Å². The summed E-state index contributed by atoms with van der Waals surface area (Å²) in [5, 5.41) is 14.4. The zero-order chi connectivity index (χ0) is 12.1. The third-order valence-corrected chi connectivity index (χ3v) is 2.69. The first-order valence-electron chi connectivity index (χ1n) is 5.09. The van der Waals surface area contributed by atoms with Gasteiger partial charge >= 0.3 is 12.0 Å².